The number of aromatic nitrogens is 3. The lowest BCUT2D eigenvalue weighted by Gasteiger charge is -2.38. The van der Waals surface area contributed by atoms with Gasteiger partial charge in [0.05, 0.1) is 12.8 Å². The topological polar surface area (TPSA) is 77.0 Å². The Kier molecular flexibility index (Phi) is 4.41. The highest BCUT2D eigenvalue weighted by atomic mass is 35.5. The molecule has 2 rings (SSSR count). The Hall–Kier alpha value is -0.650. The van der Waals surface area contributed by atoms with E-state index in [-0.39, 0.29) is 30.0 Å². The van der Waals surface area contributed by atoms with Crippen LogP contribution in [0, 0.1) is 11.3 Å². The smallest absolute Gasteiger partial charge is 0.108 e. The summed E-state index contributed by atoms with van der Waals surface area (Å²) in [7, 11) is 0. The molecule has 1 aliphatic rings. The fraction of sp³-hybridized carbons (Fsp3) is 0.833. The molecule has 6 heteroatoms. The van der Waals surface area contributed by atoms with E-state index in [4.69, 9.17) is 10.8 Å². The van der Waals surface area contributed by atoms with Crippen LogP contribution in [0.3, 0.4) is 0 Å². The lowest BCUT2D eigenvalue weighted by atomic mass is 9.72. The summed E-state index contributed by atoms with van der Waals surface area (Å²) in [5.74, 6) is 0.505. The average Bonchev–Trinajstić information content (AvgIpc) is 2.77. The molecule has 1 aliphatic carbocycles. The van der Waals surface area contributed by atoms with Crippen LogP contribution in [0.4, 0.5) is 0 Å². The quantitative estimate of drug-likeness (QED) is 0.872. The fourth-order valence-corrected chi connectivity index (χ4v) is 2.67. The second-order valence-electron chi connectivity index (χ2n) is 5.96. The Morgan fingerprint density at radius 3 is 2.61 bits per heavy atom. The number of nitrogens with zero attached hydrogens (tertiary/aromatic N) is 3. The molecule has 2 atom stereocenters. The third-order valence-electron chi connectivity index (χ3n) is 4.66. The molecule has 0 radical (unpaired) electrons. The van der Waals surface area contributed by atoms with Crippen molar-refractivity contribution in [3.05, 3.63) is 11.9 Å². The van der Waals surface area contributed by atoms with Gasteiger partial charge in [-0.25, -0.2) is 0 Å². The minimum Gasteiger partial charge on any atom is -0.390 e. The number of hydrogen-bond acceptors (Lipinski definition) is 4. The van der Waals surface area contributed by atoms with Gasteiger partial charge in [-0.05, 0) is 31.1 Å². The summed E-state index contributed by atoms with van der Waals surface area (Å²) in [6.45, 7) is 7.37. The maximum absolute atomic E-state index is 8.96. The predicted octanol–water partition coefficient (Wildman–Crippen LogP) is 1.35. The SMILES string of the molecule is CC1(N)CC[C@H](Cn2cc(CO)nn2)C1(C)C.Cl. The molecule has 0 amide bonds. The van der Waals surface area contributed by atoms with Gasteiger partial charge >= 0.3 is 0 Å². The Morgan fingerprint density at radius 1 is 1.50 bits per heavy atom. The van der Waals surface area contributed by atoms with Crippen molar-refractivity contribution >= 4 is 12.4 Å². The maximum Gasteiger partial charge on any atom is 0.108 e. The summed E-state index contributed by atoms with van der Waals surface area (Å²) in [6, 6.07) is 0. The van der Waals surface area contributed by atoms with Crippen LogP contribution in [-0.2, 0) is 13.2 Å². The third-order valence-corrected chi connectivity index (χ3v) is 4.66. The van der Waals surface area contributed by atoms with E-state index in [0.29, 0.717) is 11.6 Å². The molecule has 1 heterocycles. The van der Waals surface area contributed by atoms with Gasteiger partial charge in [0.1, 0.15) is 5.69 Å². The average molecular weight is 275 g/mol. The molecule has 18 heavy (non-hydrogen) atoms. The summed E-state index contributed by atoms with van der Waals surface area (Å²) in [6.07, 6.45) is 3.97. The summed E-state index contributed by atoms with van der Waals surface area (Å²) in [5, 5.41) is 16.9. The minimum atomic E-state index is -0.113. The number of aliphatic hydroxyl groups excluding tert-OH is 1. The van der Waals surface area contributed by atoms with Gasteiger partial charge in [0.25, 0.3) is 0 Å². The van der Waals surface area contributed by atoms with Crippen LogP contribution in [0.15, 0.2) is 6.20 Å². The van der Waals surface area contributed by atoms with Gasteiger partial charge < -0.3 is 10.8 Å². The molecule has 1 unspecified atom stereocenters. The van der Waals surface area contributed by atoms with Crippen molar-refractivity contribution in [1.29, 1.82) is 0 Å². The van der Waals surface area contributed by atoms with Crippen LogP contribution in [-0.4, -0.2) is 25.6 Å². The largest absolute Gasteiger partial charge is 0.390 e. The number of halogens is 1. The molecular weight excluding hydrogens is 252 g/mol. The van der Waals surface area contributed by atoms with Crippen molar-refractivity contribution in [1.82, 2.24) is 15.0 Å². The van der Waals surface area contributed by atoms with E-state index >= 15 is 0 Å². The zero-order valence-corrected chi connectivity index (χ0v) is 12.1. The van der Waals surface area contributed by atoms with Crippen LogP contribution in [0.25, 0.3) is 0 Å². The van der Waals surface area contributed by atoms with Gasteiger partial charge in [-0.15, -0.1) is 17.5 Å². The first-order valence-electron chi connectivity index (χ1n) is 6.15. The van der Waals surface area contributed by atoms with Gasteiger partial charge in [-0.2, -0.15) is 0 Å². The molecule has 5 nitrogen and oxygen atoms in total. The minimum absolute atomic E-state index is 0. The molecule has 1 aromatic heterocycles. The van der Waals surface area contributed by atoms with E-state index in [1.165, 1.54) is 0 Å². The Bertz CT molecular complexity index is 403. The normalized spacial score (nSPS) is 30.2. The molecule has 0 spiro atoms. The Labute approximate surface area is 114 Å². The number of nitrogens with two attached hydrogens (primary N) is 1. The van der Waals surface area contributed by atoms with Crippen molar-refractivity contribution in [2.75, 3.05) is 0 Å². The van der Waals surface area contributed by atoms with E-state index in [2.05, 4.69) is 31.1 Å². The van der Waals surface area contributed by atoms with Crippen molar-refractivity contribution in [3.63, 3.8) is 0 Å². The van der Waals surface area contributed by atoms with Crippen molar-refractivity contribution < 1.29 is 5.11 Å². The van der Waals surface area contributed by atoms with E-state index in [0.717, 1.165) is 19.4 Å². The van der Waals surface area contributed by atoms with Crippen LogP contribution in [0.1, 0.15) is 39.3 Å². The van der Waals surface area contributed by atoms with Gasteiger partial charge in [-0.3, -0.25) is 4.68 Å². The van der Waals surface area contributed by atoms with E-state index in [1.54, 1.807) is 0 Å². The third kappa shape index (κ3) is 2.53. The van der Waals surface area contributed by atoms with Crippen LogP contribution in [0.2, 0.25) is 0 Å². The van der Waals surface area contributed by atoms with Crippen LogP contribution < -0.4 is 5.73 Å². The highest BCUT2D eigenvalue weighted by Crippen LogP contribution is 2.49. The lowest BCUT2D eigenvalue weighted by Crippen LogP contribution is -2.48. The van der Waals surface area contributed by atoms with Gasteiger partial charge in [0.15, 0.2) is 0 Å². The summed E-state index contributed by atoms with van der Waals surface area (Å²) in [5.41, 5.74) is 6.95. The summed E-state index contributed by atoms with van der Waals surface area (Å²) < 4.78 is 1.82. The van der Waals surface area contributed by atoms with Gasteiger partial charge in [0.2, 0.25) is 0 Å². The molecule has 104 valence electrons. The molecule has 1 fully saturated rings. The van der Waals surface area contributed by atoms with Crippen LogP contribution in [0.5, 0.6) is 0 Å². The second kappa shape index (κ2) is 5.15. The highest BCUT2D eigenvalue weighted by molar-refractivity contribution is 5.85. The zero-order chi connectivity index (χ0) is 12.7. The molecule has 0 bridgehead atoms. The standard InChI is InChI=1S/C12H22N4O.ClH/c1-11(2)9(4-5-12(11,3)13)6-16-7-10(8-17)14-15-16;/h7,9,17H,4-6,8,13H2,1-3H3;1H/t9-,12?;/m1./s1. The maximum atomic E-state index is 8.96. The number of hydrogen-bond donors (Lipinski definition) is 2. The molecule has 3 N–H and O–H groups in total. The fourth-order valence-electron chi connectivity index (χ4n) is 2.67. The highest BCUT2D eigenvalue weighted by Gasteiger charge is 2.49. The summed E-state index contributed by atoms with van der Waals surface area (Å²) >= 11 is 0. The van der Waals surface area contributed by atoms with Crippen molar-refractivity contribution in [2.45, 2.75) is 52.3 Å². The first-order chi connectivity index (χ1) is 7.87. The van der Waals surface area contributed by atoms with Gasteiger partial charge in [0, 0.05) is 12.1 Å². The van der Waals surface area contributed by atoms with E-state index < -0.39 is 0 Å². The van der Waals surface area contributed by atoms with Crippen molar-refractivity contribution in [2.24, 2.45) is 17.1 Å². The molecule has 0 saturated heterocycles. The first kappa shape index (κ1) is 15.4. The Morgan fingerprint density at radius 2 is 2.17 bits per heavy atom. The second-order valence-corrected chi connectivity index (χ2v) is 5.96. The van der Waals surface area contributed by atoms with E-state index in [9.17, 15) is 0 Å². The van der Waals surface area contributed by atoms with Gasteiger partial charge in [-0.1, -0.05) is 19.1 Å². The van der Waals surface area contributed by atoms with Crippen molar-refractivity contribution in [3.8, 4) is 0 Å². The lowest BCUT2D eigenvalue weighted by molar-refractivity contribution is 0.147. The van der Waals surface area contributed by atoms with E-state index in [1.807, 2.05) is 10.9 Å². The molecular formula is C12H23ClN4O. The molecule has 0 aliphatic heterocycles. The van der Waals surface area contributed by atoms with Crippen LogP contribution >= 0.6 is 12.4 Å². The molecule has 1 saturated carbocycles. The first-order valence-corrected chi connectivity index (χ1v) is 6.15. The predicted molar refractivity (Wildman–Crippen MR) is 72.3 cm³/mol. The number of rotatable bonds is 3. The monoisotopic (exact) mass is 274 g/mol. The Balaban J connectivity index is 0.00000162. The molecule has 1 aromatic rings. The zero-order valence-electron chi connectivity index (χ0n) is 11.3. The molecule has 0 aromatic carbocycles. The number of aliphatic hydroxyl groups is 1. The summed E-state index contributed by atoms with van der Waals surface area (Å²) in [4.78, 5) is 0.